The molecule has 61 heavy (non-hydrogen) atoms. The number of aliphatic hydroxyl groups is 3. The van der Waals surface area contributed by atoms with E-state index < -0.39 is 134 Å². The second-order valence-corrected chi connectivity index (χ2v) is 14.6. The van der Waals surface area contributed by atoms with Gasteiger partial charge in [0, 0.05) is 19.5 Å². The van der Waals surface area contributed by atoms with Crippen LogP contribution in [0.3, 0.4) is 0 Å². The highest BCUT2D eigenvalue weighted by molar-refractivity contribution is 5.98. The Hall–Kier alpha value is -5.37. The molecule has 0 aliphatic carbocycles. The van der Waals surface area contributed by atoms with E-state index in [4.69, 9.17) is 16.2 Å². The molecule has 7 amide bonds. The summed E-state index contributed by atoms with van der Waals surface area (Å²) in [5.41, 5.74) is 11.6. The molecule has 0 saturated carbocycles. The van der Waals surface area contributed by atoms with E-state index in [0.717, 1.165) is 6.92 Å². The lowest BCUT2D eigenvalue weighted by molar-refractivity contribution is -0.219. The van der Waals surface area contributed by atoms with Gasteiger partial charge in [0.2, 0.25) is 29.5 Å². The highest BCUT2D eigenvalue weighted by Gasteiger charge is 2.46. The molecule has 0 aromatic heterocycles. The molecule has 10 atom stereocenters. The second-order valence-electron chi connectivity index (χ2n) is 14.6. The molecular weight excluding hydrogens is 810 g/mol. The SMILES string of the molecule is CC([18F])C(=O)NC[C@H]1OC(C(=O)NCCCCC2NC(=O)C(Cc3ccccc3)NC(=O)C(CC(=O)O)NC(=O)CNC(=O)C(CCCNC(N)N)NC2=O)[C@@H](O)C(O)[C@H]1O. The smallest absolute Gasteiger partial charge is 0.305 e. The van der Waals surface area contributed by atoms with Crippen LogP contribution in [-0.4, -0.2) is 161 Å². The fourth-order valence-corrected chi connectivity index (χ4v) is 6.37. The number of carboxylic acids is 1. The first-order chi connectivity index (χ1) is 28.9. The minimum absolute atomic E-state index is 0.00688. The zero-order valence-electron chi connectivity index (χ0n) is 33.5. The van der Waals surface area contributed by atoms with E-state index in [9.17, 15) is 63.2 Å². The number of aliphatic carboxylic acids is 1. The molecule has 2 aliphatic heterocycles. The number of amides is 7. The Kier molecular flexibility index (Phi) is 20.3. The van der Waals surface area contributed by atoms with E-state index in [1.807, 2.05) is 0 Å². The molecule has 0 bridgehead atoms. The quantitative estimate of drug-likeness (QED) is 0.0482. The van der Waals surface area contributed by atoms with Crippen molar-refractivity contribution in [3.05, 3.63) is 35.9 Å². The van der Waals surface area contributed by atoms with Crippen molar-refractivity contribution in [1.82, 2.24) is 42.5 Å². The van der Waals surface area contributed by atoms with Crippen LogP contribution in [0.4, 0.5) is 4.39 Å². The van der Waals surface area contributed by atoms with Crippen LogP contribution in [0.5, 0.6) is 0 Å². The standard InChI is InChI=1S/C37H57FN10O13/c1-18(38)31(55)43-16-24-27(52)28(53)29(54)30(61-24)36(60)41-12-6-5-10-21-33(57)46-20(11-7-13-42-37(39)40)32(56)44-17-25(49)45-23(15-26(50)51)35(59)48-22(34(58)47-21)14-19-8-3-2-4-9-19/h2-4,8-9,18,20-24,27-30,37,42,52-54H,5-7,10-17,39-40H2,1H3,(H,41,60)(H,43,55)(H,44,56)(H,45,49)(H,46,57)(H,47,58)(H,48,59)(H,50,51)/t18?,20?,21?,22?,23?,24-,27+,28?,29+,30?/m1/s1/i38-1. The molecule has 340 valence electrons. The van der Waals surface area contributed by atoms with Gasteiger partial charge in [-0.2, -0.15) is 0 Å². The van der Waals surface area contributed by atoms with Gasteiger partial charge < -0.3 is 73.8 Å². The summed E-state index contributed by atoms with van der Waals surface area (Å²) in [6.45, 7) is -0.0557. The number of alkyl halides is 1. The summed E-state index contributed by atoms with van der Waals surface area (Å²) in [6.07, 6.45) is -11.8. The molecule has 2 saturated heterocycles. The number of rotatable bonds is 18. The molecule has 3 rings (SSSR count). The van der Waals surface area contributed by atoms with Gasteiger partial charge in [0.05, 0.1) is 13.0 Å². The lowest BCUT2D eigenvalue weighted by atomic mass is 9.94. The zero-order valence-corrected chi connectivity index (χ0v) is 33.5. The molecular formula is C37H57FN10O13. The Balaban J connectivity index is 1.81. The van der Waals surface area contributed by atoms with Crippen molar-refractivity contribution in [2.45, 2.75) is 119 Å². The molecule has 2 fully saturated rings. The van der Waals surface area contributed by atoms with Crippen LogP contribution in [0.1, 0.15) is 51.0 Å². The van der Waals surface area contributed by atoms with Crippen LogP contribution in [0.15, 0.2) is 30.3 Å². The minimum atomic E-state index is -1.89. The lowest BCUT2D eigenvalue weighted by Gasteiger charge is -2.40. The van der Waals surface area contributed by atoms with Gasteiger partial charge in [0.25, 0.3) is 11.8 Å². The van der Waals surface area contributed by atoms with Crippen LogP contribution in [0, 0.1) is 0 Å². The van der Waals surface area contributed by atoms with Gasteiger partial charge in [-0.3, -0.25) is 43.7 Å². The number of benzene rings is 1. The van der Waals surface area contributed by atoms with E-state index in [-0.39, 0.29) is 51.6 Å². The highest BCUT2D eigenvalue weighted by Crippen LogP contribution is 2.21. The Bertz CT molecular complexity index is 1680. The van der Waals surface area contributed by atoms with Crippen LogP contribution in [0.25, 0.3) is 0 Å². The fraction of sp³-hybridized carbons (Fsp3) is 0.622. The third kappa shape index (κ3) is 16.5. The Morgan fingerprint density at radius 2 is 1.39 bits per heavy atom. The maximum Gasteiger partial charge on any atom is 0.305 e. The summed E-state index contributed by atoms with van der Waals surface area (Å²) in [5, 5.41) is 60.4. The van der Waals surface area contributed by atoms with E-state index in [0.29, 0.717) is 5.56 Å². The summed E-state index contributed by atoms with van der Waals surface area (Å²) >= 11 is 0. The van der Waals surface area contributed by atoms with Gasteiger partial charge in [0.1, 0.15) is 54.9 Å². The minimum Gasteiger partial charge on any atom is -0.481 e. The zero-order chi connectivity index (χ0) is 45.2. The molecule has 0 spiro atoms. The Labute approximate surface area is 350 Å². The normalized spacial score (nSPS) is 27.2. The third-order valence-corrected chi connectivity index (χ3v) is 9.71. The first-order valence-corrected chi connectivity index (χ1v) is 19.8. The molecule has 16 N–H and O–H groups in total. The average Bonchev–Trinajstić information content (AvgIpc) is 3.21. The van der Waals surface area contributed by atoms with Gasteiger partial charge >= 0.3 is 5.97 Å². The van der Waals surface area contributed by atoms with Crippen molar-refractivity contribution >= 4 is 47.3 Å². The van der Waals surface area contributed by atoms with Crippen molar-refractivity contribution in [3.8, 4) is 0 Å². The van der Waals surface area contributed by atoms with Gasteiger partial charge in [-0.1, -0.05) is 30.3 Å². The number of hydrogen-bond acceptors (Lipinski definition) is 15. The van der Waals surface area contributed by atoms with E-state index in [2.05, 4.69) is 42.5 Å². The van der Waals surface area contributed by atoms with E-state index in [1.165, 1.54) is 0 Å². The number of carbonyl (C=O) groups excluding carboxylic acids is 7. The number of ether oxygens (including phenoxy) is 1. The summed E-state index contributed by atoms with van der Waals surface area (Å²) in [7, 11) is 0. The lowest BCUT2D eigenvalue weighted by Crippen LogP contribution is -2.63. The van der Waals surface area contributed by atoms with Gasteiger partial charge in [0.15, 0.2) is 12.3 Å². The van der Waals surface area contributed by atoms with Gasteiger partial charge in [-0.15, -0.1) is 0 Å². The predicted octanol–water partition coefficient (Wildman–Crippen LogP) is -6.05. The molecule has 7 unspecified atom stereocenters. The van der Waals surface area contributed by atoms with Crippen molar-refractivity contribution in [1.29, 1.82) is 0 Å². The summed E-state index contributed by atoms with van der Waals surface area (Å²) in [4.78, 5) is 104. The maximum atomic E-state index is 14.0. The Morgan fingerprint density at radius 1 is 0.787 bits per heavy atom. The van der Waals surface area contributed by atoms with Crippen LogP contribution >= 0.6 is 0 Å². The molecule has 0 radical (unpaired) electrons. The largest absolute Gasteiger partial charge is 0.481 e. The number of hydrogen-bond donors (Lipinski definition) is 14. The predicted molar refractivity (Wildman–Crippen MR) is 210 cm³/mol. The number of carboxylic acid groups (broad SMARTS) is 1. The van der Waals surface area contributed by atoms with Crippen LogP contribution < -0.4 is 54.0 Å². The Morgan fingerprint density at radius 3 is 2.03 bits per heavy atom. The summed E-state index contributed by atoms with van der Waals surface area (Å²) in [6, 6.07) is 2.77. The number of aliphatic hydroxyl groups excluding tert-OH is 3. The summed E-state index contributed by atoms with van der Waals surface area (Å²) < 4.78 is 18.8. The molecule has 1 aromatic rings. The van der Waals surface area contributed by atoms with Gasteiger partial charge in [-0.25, -0.2) is 4.39 Å². The maximum absolute atomic E-state index is 14.0. The van der Waals surface area contributed by atoms with Gasteiger partial charge in [-0.05, 0) is 51.1 Å². The third-order valence-electron chi connectivity index (χ3n) is 9.71. The fourth-order valence-electron chi connectivity index (χ4n) is 6.37. The monoisotopic (exact) mass is 867 g/mol. The molecule has 1 aromatic carbocycles. The molecule has 2 heterocycles. The topological polar surface area (TPSA) is 375 Å². The summed E-state index contributed by atoms with van der Waals surface area (Å²) in [5.74, 6) is -7.80. The number of halogens is 1. The molecule has 24 heteroatoms. The number of nitrogens with two attached hydrogens (primary N) is 2. The van der Waals surface area contributed by atoms with Crippen molar-refractivity contribution in [2.24, 2.45) is 11.5 Å². The van der Waals surface area contributed by atoms with E-state index >= 15 is 0 Å². The van der Waals surface area contributed by atoms with Crippen LogP contribution in [-0.2, 0) is 49.5 Å². The highest BCUT2D eigenvalue weighted by atomic mass is 18.2. The van der Waals surface area contributed by atoms with E-state index in [1.54, 1.807) is 30.3 Å². The average molecular weight is 868 g/mol. The van der Waals surface area contributed by atoms with Crippen molar-refractivity contribution < 1.29 is 67.9 Å². The number of unbranched alkanes of at least 4 members (excludes halogenated alkanes) is 1. The van der Waals surface area contributed by atoms with Crippen LogP contribution in [0.2, 0.25) is 0 Å². The first-order valence-electron chi connectivity index (χ1n) is 19.8. The second kappa shape index (κ2) is 24.8. The van der Waals surface area contributed by atoms with Crippen molar-refractivity contribution in [2.75, 3.05) is 26.2 Å². The first kappa shape index (κ1) is 50.0. The number of carbonyl (C=O) groups is 8. The van der Waals surface area contributed by atoms with Crippen molar-refractivity contribution in [3.63, 3.8) is 0 Å². The molecule has 23 nitrogen and oxygen atoms in total. The number of nitrogens with one attached hydrogen (secondary N) is 8. The molecule has 2 aliphatic rings.